The molecule has 0 aliphatic heterocycles. The van der Waals surface area contributed by atoms with E-state index in [0.29, 0.717) is 5.92 Å². The lowest BCUT2D eigenvalue weighted by Gasteiger charge is -1.99. The molecule has 0 saturated carbocycles. The molecule has 58 valence electrons. The van der Waals surface area contributed by atoms with Crippen LogP contribution < -0.4 is 0 Å². The third kappa shape index (κ3) is 1.12. The number of aliphatic hydroxyl groups is 1. The van der Waals surface area contributed by atoms with Crippen LogP contribution in [0.3, 0.4) is 0 Å². The van der Waals surface area contributed by atoms with Crippen LogP contribution in [0.2, 0.25) is 0 Å². The smallest absolute Gasteiger partial charge is 0.0622 e. The van der Waals surface area contributed by atoms with Gasteiger partial charge in [0.15, 0.2) is 0 Å². The molecule has 2 rings (SSSR count). The zero-order valence-corrected chi connectivity index (χ0v) is 6.20. The van der Waals surface area contributed by atoms with Gasteiger partial charge in [0.25, 0.3) is 0 Å². The van der Waals surface area contributed by atoms with Crippen molar-refractivity contribution in [3.05, 3.63) is 23.8 Å². The van der Waals surface area contributed by atoms with Crippen molar-refractivity contribution in [2.24, 2.45) is 5.92 Å². The minimum Gasteiger partial charge on any atom is -0.396 e. The first kappa shape index (κ1) is 6.73. The number of rotatable bonds is 1. The van der Waals surface area contributed by atoms with Crippen LogP contribution in [0.5, 0.6) is 0 Å². The van der Waals surface area contributed by atoms with E-state index in [1.54, 1.807) is 12.4 Å². The van der Waals surface area contributed by atoms with Gasteiger partial charge in [-0.15, -0.1) is 0 Å². The Bertz CT molecular complexity index is 237. The Balaban J connectivity index is 2.27. The van der Waals surface area contributed by atoms with Gasteiger partial charge in [0.05, 0.1) is 11.4 Å². The zero-order valence-electron chi connectivity index (χ0n) is 6.20. The number of aromatic nitrogens is 2. The maximum Gasteiger partial charge on any atom is 0.0622 e. The highest BCUT2D eigenvalue weighted by atomic mass is 16.3. The Morgan fingerprint density at radius 3 is 2.27 bits per heavy atom. The SMILES string of the molecule is OCC1Cc2nccnc2C1. The van der Waals surface area contributed by atoms with Crippen molar-refractivity contribution in [3.8, 4) is 0 Å². The van der Waals surface area contributed by atoms with Crippen LogP contribution in [0, 0.1) is 5.92 Å². The second-order valence-corrected chi connectivity index (χ2v) is 2.91. The Labute approximate surface area is 65.1 Å². The number of hydrogen-bond acceptors (Lipinski definition) is 3. The maximum atomic E-state index is 8.88. The fourth-order valence-corrected chi connectivity index (χ4v) is 1.48. The summed E-state index contributed by atoms with van der Waals surface area (Å²) >= 11 is 0. The molecule has 0 spiro atoms. The third-order valence-electron chi connectivity index (χ3n) is 2.08. The molecule has 0 fully saturated rings. The third-order valence-corrected chi connectivity index (χ3v) is 2.08. The Kier molecular flexibility index (Phi) is 1.58. The highest BCUT2D eigenvalue weighted by molar-refractivity contribution is 5.17. The first-order valence-electron chi connectivity index (χ1n) is 3.80. The Morgan fingerprint density at radius 2 is 1.82 bits per heavy atom. The van der Waals surface area contributed by atoms with Crippen molar-refractivity contribution in [2.45, 2.75) is 12.8 Å². The van der Waals surface area contributed by atoms with E-state index in [-0.39, 0.29) is 6.61 Å². The lowest BCUT2D eigenvalue weighted by molar-refractivity contribution is 0.231. The van der Waals surface area contributed by atoms with Crippen LogP contribution in [0.4, 0.5) is 0 Å². The first-order chi connectivity index (χ1) is 5.40. The maximum absolute atomic E-state index is 8.88. The van der Waals surface area contributed by atoms with Crippen molar-refractivity contribution >= 4 is 0 Å². The van der Waals surface area contributed by atoms with Gasteiger partial charge >= 0.3 is 0 Å². The molecule has 1 aromatic heterocycles. The molecule has 1 N–H and O–H groups in total. The molecule has 0 amide bonds. The van der Waals surface area contributed by atoms with Crippen LogP contribution in [0.1, 0.15) is 11.4 Å². The van der Waals surface area contributed by atoms with Crippen molar-refractivity contribution in [2.75, 3.05) is 6.61 Å². The zero-order chi connectivity index (χ0) is 7.68. The molecule has 0 radical (unpaired) electrons. The van der Waals surface area contributed by atoms with E-state index in [4.69, 9.17) is 5.11 Å². The summed E-state index contributed by atoms with van der Waals surface area (Å²) in [7, 11) is 0. The summed E-state index contributed by atoms with van der Waals surface area (Å²) in [5.74, 6) is 0.354. The standard InChI is InChI=1S/C8H10N2O/c11-5-6-3-7-8(4-6)10-2-1-9-7/h1-2,6,11H,3-5H2. The van der Waals surface area contributed by atoms with Gasteiger partial charge in [0.1, 0.15) is 0 Å². The highest BCUT2D eigenvalue weighted by Crippen LogP contribution is 2.21. The molecule has 0 bridgehead atoms. The fraction of sp³-hybridized carbons (Fsp3) is 0.500. The fourth-order valence-electron chi connectivity index (χ4n) is 1.48. The minimum atomic E-state index is 0.248. The monoisotopic (exact) mass is 150 g/mol. The van der Waals surface area contributed by atoms with E-state index < -0.39 is 0 Å². The average molecular weight is 150 g/mol. The van der Waals surface area contributed by atoms with E-state index in [0.717, 1.165) is 24.2 Å². The number of fused-ring (bicyclic) bond motifs is 1. The van der Waals surface area contributed by atoms with Crippen molar-refractivity contribution in [3.63, 3.8) is 0 Å². The summed E-state index contributed by atoms with van der Waals surface area (Å²) in [4.78, 5) is 8.37. The topological polar surface area (TPSA) is 46.0 Å². The normalized spacial score (nSPS) is 16.8. The number of hydrogen-bond donors (Lipinski definition) is 1. The van der Waals surface area contributed by atoms with Crippen molar-refractivity contribution in [1.29, 1.82) is 0 Å². The molecular formula is C8H10N2O. The Morgan fingerprint density at radius 1 is 1.27 bits per heavy atom. The van der Waals surface area contributed by atoms with Gasteiger partial charge in [0, 0.05) is 19.0 Å². The molecule has 11 heavy (non-hydrogen) atoms. The summed E-state index contributed by atoms with van der Waals surface area (Å²) in [6.45, 7) is 0.248. The number of nitrogens with zero attached hydrogens (tertiary/aromatic N) is 2. The molecule has 3 nitrogen and oxygen atoms in total. The lowest BCUT2D eigenvalue weighted by atomic mass is 10.1. The molecule has 3 heteroatoms. The van der Waals surface area contributed by atoms with E-state index in [1.807, 2.05) is 0 Å². The van der Waals surface area contributed by atoms with Crippen LogP contribution in [-0.4, -0.2) is 21.7 Å². The van der Waals surface area contributed by atoms with Gasteiger partial charge in [0.2, 0.25) is 0 Å². The predicted molar refractivity (Wildman–Crippen MR) is 40.0 cm³/mol. The van der Waals surface area contributed by atoms with Gasteiger partial charge in [-0.05, 0) is 18.8 Å². The van der Waals surface area contributed by atoms with Crippen LogP contribution in [0.25, 0.3) is 0 Å². The van der Waals surface area contributed by atoms with Gasteiger partial charge in [-0.25, -0.2) is 0 Å². The van der Waals surface area contributed by atoms with Gasteiger partial charge in [-0.2, -0.15) is 0 Å². The molecule has 0 aromatic carbocycles. The molecule has 0 atom stereocenters. The molecule has 0 unspecified atom stereocenters. The molecule has 1 heterocycles. The molecular weight excluding hydrogens is 140 g/mol. The van der Waals surface area contributed by atoms with E-state index in [9.17, 15) is 0 Å². The first-order valence-corrected chi connectivity index (χ1v) is 3.80. The summed E-state index contributed by atoms with van der Waals surface area (Å²) in [5, 5.41) is 8.88. The summed E-state index contributed by atoms with van der Waals surface area (Å²) in [5.41, 5.74) is 2.12. The second kappa shape index (κ2) is 2.58. The van der Waals surface area contributed by atoms with Gasteiger partial charge in [-0.3, -0.25) is 9.97 Å². The number of aliphatic hydroxyl groups excluding tert-OH is 1. The van der Waals surface area contributed by atoms with Crippen LogP contribution >= 0.6 is 0 Å². The predicted octanol–water partition coefficient (Wildman–Crippen LogP) is 0.184. The Hall–Kier alpha value is -0.960. The highest BCUT2D eigenvalue weighted by Gasteiger charge is 2.22. The van der Waals surface area contributed by atoms with Crippen LogP contribution in [-0.2, 0) is 12.8 Å². The summed E-state index contributed by atoms with van der Waals surface area (Å²) in [6.07, 6.45) is 5.19. The van der Waals surface area contributed by atoms with Crippen molar-refractivity contribution in [1.82, 2.24) is 9.97 Å². The minimum absolute atomic E-state index is 0.248. The second-order valence-electron chi connectivity index (χ2n) is 2.91. The lowest BCUT2D eigenvalue weighted by Crippen LogP contribution is -2.04. The van der Waals surface area contributed by atoms with E-state index in [2.05, 4.69) is 9.97 Å². The van der Waals surface area contributed by atoms with Crippen LogP contribution in [0.15, 0.2) is 12.4 Å². The van der Waals surface area contributed by atoms with Crippen molar-refractivity contribution < 1.29 is 5.11 Å². The largest absolute Gasteiger partial charge is 0.396 e. The van der Waals surface area contributed by atoms with Gasteiger partial charge < -0.3 is 5.11 Å². The van der Waals surface area contributed by atoms with E-state index in [1.165, 1.54) is 0 Å². The summed E-state index contributed by atoms with van der Waals surface area (Å²) in [6, 6.07) is 0. The average Bonchev–Trinajstić information content (AvgIpc) is 2.46. The summed E-state index contributed by atoms with van der Waals surface area (Å²) < 4.78 is 0. The van der Waals surface area contributed by atoms with Gasteiger partial charge in [-0.1, -0.05) is 0 Å². The molecule has 1 aromatic rings. The molecule has 1 aliphatic rings. The molecule has 0 saturated heterocycles. The quantitative estimate of drug-likeness (QED) is 0.621. The van der Waals surface area contributed by atoms with E-state index >= 15 is 0 Å². The molecule has 1 aliphatic carbocycles.